The molecule has 0 radical (unpaired) electrons. The summed E-state index contributed by atoms with van der Waals surface area (Å²) in [6, 6.07) is 5.41. The molecule has 17 heavy (non-hydrogen) atoms. The molecule has 1 aromatic carbocycles. The van der Waals surface area contributed by atoms with Crippen molar-refractivity contribution in [2.45, 2.75) is 26.0 Å². The largest absolute Gasteiger partial charge is 0.399 e. The van der Waals surface area contributed by atoms with E-state index >= 15 is 0 Å². The molecular weight excluding hydrogens is 218 g/mol. The number of nitrogens with two attached hydrogens (primary N) is 1. The minimum Gasteiger partial charge on any atom is -0.399 e. The lowest BCUT2D eigenvalue weighted by atomic mass is 10.2. The number of aliphatic hydroxyl groups excluding tert-OH is 1. The maximum Gasteiger partial charge on any atom is 0.328 e. The van der Waals surface area contributed by atoms with Crippen LogP contribution >= 0.6 is 0 Å². The number of hydrogen-bond acceptors (Lipinski definition) is 3. The van der Waals surface area contributed by atoms with Gasteiger partial charge in [-0.3, -0.25) is 9.13 Å². The first-order valence-electron chi connectivity index (χ1n) is 5.63. The summed E-state index contributed by atoms with van der Waals surface area (Å²) in [6.45, 7) is 2.21. The van der Waals surface area contributed by atoms with Gasteiger partial charge in [0.25, 0.3) is 0 Å². The van der Waals surface area contributed by atoms with Crippen molar-refractivity contribution in [2.75, 3.05) is 5.73 Å². The van der Waals surface area contributed by atoms with E-state index in [4.69, 9.17) is 5.73 Å². The maximum absolute atomic E-state index is 12.0. The van der Waals surface area contributed by atoms with Crippen LogP contribution in [0.3, 0.4) is 0 Å². The van der Waals surface area contributed by atoms with Gasteiger partial charge in [0.2, 0.25) is 0 Å². The molecular formula is C12H17N3O2. The molecule has 1 unspecified atom stereocenters. The Bertz CT molecular complexity index is 596. The summed E-state index contributed by atoms with van der Waals surface area (Å²) >= 11 is 0. The van der Waals surface area contributed by atoms with Gasteiger partial charge in [-0.2, -0.15) is 0 Å². The molecule has 5 heteroatoms. The number of imidazole rings is 1. The van der Waals surface area contributed by atoms with Gasteiger partial charge in [0.1, 0.15) is 0 Å². The fourth-order valence-corrected chi connectivity index (χ4v) is 1.96. The van der Waals surface area contributed by atoms with E-state index < -0.39 is 6.10 Å². The number of aliphatic hydroxyl groups is 1. The zero-order valence-electron chi connectivity index (χ0n) is 10.1. The van der Waals surface area contributed by atoms with Crippen molar-refractivity contribution in [3.8, 4) is 0 Å². The van der Waals surface area contributed by atoms with Crippen molar-refractivity contribution in [2.24, 2.45) is 7.05 Å². The molecule has 3 N–H and O–H groups in total. The lowest BCUT2D eigenvalue weighted by Crippen LogP contribution is -2.23. The third-order valence-electron chi connectivity index (χ3n) is 2.94. The third-order valence-corrected chi connectivity index (χ3v) is 2.94. The number of benzene rings is 1. The van der Waals surface area contributed by atoms with E-state index in [1.54, 1.807) is 35.2 Å². The molecule has 0 aliphatic rings. The molecule has 1 atom stereocenters. The zero-order valence-corrected chi connectivity index (χ0v) is 10.1. The molecule has 2 aromatic rings. The van der Waals surface area contributed by atoms with E-state index in [1.807, 2.05) is 6.07 Å². The van der Waals surface area contributed by atoms with E-state index in [2.05, 4.69) is 0 Å². The first-order chi connectivity index (χ1) is 8.00. The predicted octanol–water partition coefficient (Wildman–Crippen LogP) is 0.693. The van der Waals surface area contributed by atoms with Crippen molar-refractivity contribution in [3.05, 3.63) is 28.7 Å². The number of aromatic nitrogens is 2. The van der Waals surface area contributed by atoms with E-state index in [0.717, 1.165) is 11.0 Å². The van der Waals surface area contributed by atoms with Crippen LogP contribution in [0, 0.1) is 0 Å². The Morgan fingerprint density at radius 1 is 1.41 bits per heavy atom. The molecule has 1 heterocycles. The van der Waals surface area contributed by atoms with Gasteiger partial charge in [-0.15, -0.1) is 0 Å². The van der Waals surface area contributed by atoms with Crippen molar-refractivity contribution in [1.29, 1.82) is 0 Å². The molecule has 1 aromatic heterocycles. The van der Waals surface area contributed by atoms with E-state index in [-0.39, 0.29) is 5.69 Å². The summed E-state index contributed by atoms with van der Waals surface area (Å²) in [5, 5.41) is 9.29. The van der Waals surface area contributed by atoms with E-state index in [9.17, 15) is 9.90 Å². The Morgan fingerprint density at radius 2 is 2.12 bits per heavy atom. The van der Waals surface area contributed by atoms with Crippen LogP contribution in [0.25, 0.3) is 11.0 Å². The molecule has 2 rings (SSSR count). The standard InChI is InChI=1S/C12H17N3O2/c1-8(16)5-6-15-11-7-9(13)3-4-10(11)14(2)12(15)17/h3-4,7-8,16H,5-6,13H2,1-2H3. The van der Waals surface area contributed by atoms with Crippen LogP contribution in [0.5, 0.6) is 0 Å². The first-order valence-corrected chi connectivity index (χ1v) is 5.63. The van der Waals surface area contributed by atoms with Gasteiger partial charge < -0.3 is 10.8 Å². The van der Waals surface area contributed by atoms with Gasteiger partial charge >= 0.3 is 5.69 Å². The first kappa shape index (κ1) is 11.7. The molecule has 0 saturated carbocycles. The number of anilines is 1. The number of rotatable bonds is 3. The van der Waals surface area contributed by atoms with Crippen LogP contribution in [0.2, 0.25) is 0 Å². The Morgan fingerprint density at radius 3 is 2.76 bits per heavy atom. The zero-order chi connectivity index (χ0) is 12.6. The van der Waals surface area contributed by atoms with Gasteiger partial charge in [0.05, 0.1) is 17.1 Å². The second-order valence-corrected chi connectivity index (χ2v) is 4.38. The molecule has 0 spiro atoms. The highest BCUT2D eigenvalue weighted by Gasteiger charge is 2.11. The highest BCUT2D eigenvalue weighted by molar-refractivity contribution is 5.79. The summed E-state index contributed by atoms with van der Waals surface area (Å²) in [6.07, 6.45) is 0.131. The second kappa shape index (κ2) is 4.25. The minimum atomic E-state index is -0.418. The van der Waals surface area contributed by atoms with E-state index in [1.165, 1.54) is 0 Å². The Balaban J connectivity index is 2.56. The van der Waals surface area contributed by atoms with Crippen LogP contribution in [0.4, 0.5) is 5.69 Å². The van der Waals surface area contributed by atoms with Crippen molar-refractivity contribution < 1.29 is 5.11 Å². The van der Waals surface area contributed by atoms with Crippen LogP contribution in [0.15, 0.2) is 23.0 Å². The van der Waals surface area contributed by atoms with Gasteiger partial charge in [-0.05, 0) is 31.5 Å². The molecule has 0 aliphatic carbocycles. The predicted molar refractivity (Wildman–Crippen MR) is 67.9 cm³/mol. The monoisotopic (exact) mass is 235 g/mol. The highest BCUT2D eigenvalue weighted by atomic mass is 16.3. The number of hydrogen-bond donors (Lipinski definition) is 2. The van der Waals surface area contributed by atoms with Gasteiger partial charge in [-0.25, -0.2) is 4.79 Å². The molecule has 0 aliphatic heterocycles. The smallest absolute Gasteiger partial charge is 0.328 e. The maximum atomic E-state index is 12.0. The lowest BCUT2D eigenvalue weighted by Gasteiger charge is -2.05. The normalized spacial score (nSPS) is 13.1. The van der Waals surface area contributed by atoms with Gasteiger partial charge in [0, 0.05) is 19.3 Å². The van der Waals surface area contributed by atoms with Crippen LogP contribution in [-0.2, 0) is 13.6 Å². The topological polar surface area (TPSA) is 73.2 Å². The summed E-state index contributed by atoms with van der Waals surface area (Å²) in [7, 11) is 1.74. The Labute approximate surface area is 99.1 Å². The number of fused-ring (bicyclic) bond motifs is 1. The van der Waals surface area contributed by atoms with Crippen molar-refractivity contribution >= 4 is 16.7 Å². The molecule has 0 amide bonds. The second-order valence-electron chi connectivity index (χ2n) is 4.38. The number of nitrogens with zero attached hydrogens (tertiary/aromatic N) is 2. The quantitative estimate of drug-likeness (QED) is 0.769. The van der Waals surface area contributed by atoms with Crippen LogP contribution in [-0.4, -0.2) is 20.3 Å². The average molecular weight is 235 g/mol. The molecule has 0 fully saturated rings. The van der Waals surface area contributed by atoms with Crippen molar-refractivity contribution in [3.63, 3.8) is 0 Å². The summed E-state index contributed by atoms with van der Waals surface area (Å²) in [4.78, 5) is 12.0. The Kier molecular flexibility index (Phi) is 2.93. The molecule has 0 bridgehead atoms. The van der Waals surface area contributed by atoms with Gasteiger partial charge in [-0.1, -0.05) is 0 Å². The summed E-state index contributed by atoms with van der Waals surface area (Å²) in [5.74, 6) is 0. The highest BCUT2D eigenvalue weighted by Crippen LogP contribution is 2.16. The molecule has 5 nitrogen and oxygen atoms in total. The van der Waals surface area contributed by atoms with Crippen LogP contribution in [0.1, 0.15) is 13.3 Å². The Hall–Kier alpha value is -1.75. The average Bonchev–Trinajstić information content (AvgIpc) is 2.49. The van der Waals surface area contributed by atoms with Crippen LogP contribution < -0.4 is 11.4 Å². The van der Waals surface area contributed by atoms with Crippen molar-refractivity contribution in [1.82, 2.24) is 9.13 Å². The minimum absolute atomic E-state index is 0.0775. The third kappa shape index (κ3) is 2.06. The number of nitrogen functional groups attached to an aromatic ring is 1. The van der Waals surface area contributed by atoms with Gasteiger partial charge in [0.15, 0.2) is 0 Å². The molecule has 92 valence electrons. The SMILES string of the molecule is CC(O)CCn1c(=O)n(C)c2ccc(N)cc21. The fourth-order valence-electron chi connectivity index (χ4n) is 1.96. The molecule has 0 saturated heterocycles. The number of aryl methyl sites for hydroxylation is 2. The lowest BCUT2D eigenvalue weighted by molar-refractivity contribution is 0.178. The summed E-state index contributed by atoms with van der Waals surface area (Å²) in [5.41, 5.74) is 7.96. The summed E-state index contributed by atoms with van der Waals surface area (Å²) < 4.78 is 3.25. The fraction of sp³-hybridized carbons (Fsp3) is 0.417. The van der Waals surface area contributed by atoms with E-state index in [0.29, 0.717) is 18.7 Å².